The molecule has 1 N–H and O–H groups in total. The average Bonchev–Trinajstić information content (AvgIpc) is 2.85. The fraction of sp³-hybridized carbons (Fsp3) is 0.800. The summed E-state index contributed by atoms with van der Waals surface area (Å²) in [5.41, 5.74) is -1.02. The second kappa shape index (κ2) is 4.71. The number of rotatable bonds is 3. The molecule has 6 heteroatoms. The largest absolute Gasteiger partial charge is 0.444 e. The van der Waals surface area contributed by atoms with Gasteiger partial charge < -0.3 is 14.6 Å². The number of ether oxygens (including phenoxy) is 1. The Morgan fingerprint density at radius 2 is 2.10 bits per heavy atom. The molecule has 1 aromatic rings. The Bertz CT molecular complexity index is 543. The molecule has 0 bridgehead atoms. The number of aromatic nitrogens is 2. The normalized spacial score (nSPS) is 26.9. The first-order chi connectivity index (χ1) is 9.79. The minimum Gasteiger partial charge on any atom is -0.444 e. The third-order valence-corrected chi connectivity index (χ3v) is 4.24. The SMILES string of the molecule is C[C@@H]1C[C@H]1c1nc(C2(NC(=O)OC(C)(C)C)CCC2)no1. The third-order valence-electron chi connectivity index (χ3n) is 4.24. The summed E-state index contributed by atoms with van der Waals surface area (Å²) in [6.45, 7) is 7.72. The standard InChI is InChI=1S/C15H23N3O3/c1-9-8-10(9)11-16-12(18-21-11)15(6-5-7-15)17-13(19)20-14(2,3)4/h9-10H,5-8H2,1-4H3,(H,17,19)/t9-,10-/m1/s1. The van der Waals surface area contributed by atoms with Gasteiger partial charge in [-0.2, -0.15) is 4.98 Å². The van der Waals surface area contributed by atoms with Crippen LogP contribution in [0.1, 0.15) is 71.0 Å². The number of hydrogen-bond donors (Lipinski definition) is 1. The Morgan fingerprint density at radius 1 is 1.43 bits per heavy atom. The highest BCUT2D eigenvalue weighted by Gasteiger charge is 2.47. The van der Waals surface area contributed by atoms with Crippen LogP contribution in [0.3, 0.4) is 0 Å². The van der Waals surface area contributed by atoms with E-state index in [1.165, 1.54) is 0 Å². The molecule has 0 unspecified atom stereocenters. The van der Waals surface area contributed by atoms with Gasteiger partial charge in [-0.25, -0.2) is 4.79 Å². The second-order valence-electron chi connectivity index (χ2n) is 7.34. The molecule has 0 aliphatic heterocycles. The Kier molecular flexibility index (Phi) is 3.22. The summed E-state index contributed by atoms with van der Waals surface area (Å²) in [4.78, 5) is 16.5. The predicted octanol–water partition coefficient (Wildman–Crippen LogP) is 3.10. The molecule has 2 fully saturated rings. The maximum atomic E-state index is 12.0. The zero-order valence-corrected chi connectivity index (χ0v) is 13.1. The molecule has 6 nitrogen and oxygen atoms in total. The van der Waals surface area contributed by atoms with E-state index in [1.807, 2.05) is 20.8 Å². The molecule has 3 rings (SSSR count). The summed E-state index contributed by atoms with van der Waals surface area (Å²) < 4.78 is 10.7. The van der Waals surface area contributed by atoms with Gasteiger partial charge in [0, 0.05) is 5.92 Å². The molecule has 1 aromatic heterocycles. The van der Waals surface area contributed by atoms with E-state index in [0.29, 0.717) is 23.6 Å². The lowest BCUT2D eigenvalue weighted by molar-refractivity contribution is 0.0362. The van der Waals surface area contributed by atoms with Gasteiger partial charge in [0.15, 0.2) is 5.82 Å². The van der Waals surface area contributed by atoms with E-state index >= 15 is 0 Å². The molecular weight excluding hydrogens is 270 g/mol. The van der Waals surface area contributed by atoms with Crippen molar-refractivity contribution in [3.05, 3.63) is 11.7 Å². The minimum atomic E-state index is -0.513. The fourth-order valence-electron chi connectivity index (χ4n) is 2.68. The van der Waals surface area contributed by atoms with Crippen LogP contribution in [0.25, 0.3) is 0 Å². The number of nitrogens with zero attached hydrogens (tertiary/aromatic N) is 2. The van der Waals surface area contributed by atoms with E-state index in [1.54, 1.807) is 0 Å². The van der Waals surface area contributed by atoms with Crippen LogP contribution < -0.4 is 5.32 Å². The molecule has 116 valence electrons. The summed E-state index contributed by atoms with van der Waals surface area (Å²) in [6.07, 6.45) is 3.37. The Morgan fingerprint density at radius 3 is 2.57 bits per heavy atom. The Labute approximate surface area is 124 Å². The molecule has 2 atom stereocenters. The van der Waals surface area contributed by atoms with Gasteiger partial charge in [0.05, 0.1) is 0 Å². The molecule has 0 radical (unpaired) electrons. The van der Waals surface area contributed by atoms with E-state index in [-0.39, 0.29) is 0 Å². The molecule has 1 amide bonds. The highest BCUT2D eigenvalue weighted by atomic mass is 16.6. The van der Waals surface area contributed by atoms with Crippen molar-refractivity contribution in [3.8, 4) is 0 Å². The van der Waals surface area contributed by atoms with Crippen LogP contribution >= 0.6 is 0 Å². The number of carbonyl (C=O) groups excluding carboxylic acids is 1. The number of nitrogens with one attached hydrogen (secondary N) is 1. The number of alkyl carbamates (subject to hydrolysis) is 1. The van der Waals surface area contributed by atoms with Crippen LogP contribution in [0.15, 0.2) is 4.52 Å². The summed E-state index contributed by atoms with van der Waals surface area (Å²) in [6, 6.07) is 0. The Hall–Kier alpha value is -1.59. The van der Waals surface area contributed by atoms with Gasteiger partial charge in [-0.1, -0.05) is 12.1 Å². The molecule has 2 aliphatic carbocycles. The Balaban J connectivity index is 1.71. The van der Waals surface area contributed by atoms with Crippen molar-refractivity contribution in [2.24, 2.45) is 5.92 Å². The van der Waals surface area contributed by atoms with Crippen LogP contribution in [-0.4, -0.2) is 21.8 Å². The average molecular weight is 293 g/mol. The zero-order chi connectivity index (χ0) is 15.3. The zero-order valence-electron chi connectivity index (χ0n) is 13.1. The molecule has 2 saturated carbocycles. The number of carbonyl (C=O) groups is 1. The van der Waals surface area contributed by atoms with Gasteiger partial charge in [0.1, 0.15) is 11.1 Å². The minimum absolute atomic E-state index is 0.393. The van der Waals surface area contributed by atoms with Gasteiger partial charge in [0.2, 0.25) is 5.89 Å². The highest BCUT2D eigenvalue weighted by molar-refractivity contribution is 5.69. The molecule has 2 aliphatic rings. The predicted molar refractivity (Wildman–Crippen MR) is 75.7 cm³/mol. The van der Waals surface area contributed by atoms with Crippen LogP contribution in [-0.2, 0) is 10.3 Å². The molecule has 0 aromatic carbocycles. The first-order valence-corrected chi connectivity index (χ1v) is 7.64. The van der Waals surface area contributed by atoms with Crippen molar-refractivity contribution < 1.29 is 14.1 Å². The number of amides is 1. The van der Waals surface area contributed by atoms with Crippen molar-refractivity contribution in [2.45, 2.75) is 70.4 Å². The van der Waals surface area contributed by atoms with Crippen LogP contribution in [0.2, 0.25) is 0 Å². The highest BCUT2D eigenvalue weighted by Crippen LogP contribution is 2.47. The smallest absolute Gasteiger partial charge is 0.408 e. The van der Waals surface area contributed by atoms with Gasteiger partial charge in [-0.15, -0.1) is 0 Å². The van der Waals surface area contributed by atoms with E-state index in [4.69, 9.17) is 9.26 Å². The summed E-state index contributed by atoms with van der Waals surface area (Å²) in [5, 5.41) is 7.04. The van der Waals surface area contributed by atoms with Gasteiger partial charge in [0.25, 0.3) is 0 Å². The number of hydrogen-bond acceptors (Lipinski definition) is 5. The molecular formula is C15H23N3O3. The van der Waals surface area contributed by atoms with E-state index in [9.17, 15) is 4.79 Å². The van der Waals surface area contributed by atoms with Crippen LogP contribution in [0.4, 0.5) is 4.79 Å². The van der Waals surface area contributed by atoms with Crippen LogP contribution in [0.5, 0.6) is 0 Å². The van der Waals surface area contributed by atoms with Crippen molar-refractivity contribution in [3.63, 3.8) is 0 Å². The maximum absolute atomic E-state index is 12.0. The maximum Gasteiger partial charge on any atom is 0.408 e. The molecule has 1 heterocycles. The first kappa shape index (κ1) is 14.4. The van der Waals surface area contributed by atoms with Crippen LogP contribution in [0, 0.1) is 5.92 Å². The first-order valence-electron chi connectivity index (χ1n) is 7.64. The van der Waals surface area contributed by atoms with Gasteiger partial charge in [-0.3, -0.25) is 0 Å². The van der Waals surface area contributed by atoms with Crippen molar-refractivity contribution in [2.75, 3.05) is 0 Å². The van der Waals surface area contributed by atoms with E-state index < -0.39 is 17.2 Å². The van der Waals surface area contributed by atoms with Crippen molar-refractivity contribution in [1.82, 2.24) is 15.5 Å². The fourth-order valence-corrected chi connectivity index (χ4v) is 2.68. The summed E-state index contributed by atoms with van der Waals surface area (Å²) >= 11 is 0. The quantitative estimate of drug-likeness (QED) is 0.926. The monoisotopic (exact) mass is 293 g/mol. The second-order valence-corrected chi connectivity index (χ2v) is 7.34. The molecule has 0 saturated heterocycles. The topological polar surface area (TPSA) is 77.2 Å². The molecule has 21 heavy (non-hydrogen) atoms. The lowest BCUT2D eigenvalue weighted by atomic mass is 9.76. The van der Waals surface area contributed by atoms with E-state index in [2.05, 4.69) is 22.4 Å². The van der Waals surface area contributed by atoms with Gasteiger partial charge in [-0.05, 0) is 52.4 Å². The summed E-state index contributed by atoms with van der Waals surface area (Å²) in [7, 11) is 0. The van der Waals surface area contributed by atoms with Gasteiger partial charge >= 0.3 is 6.09 Å². The summed E-state index contributed by atoms with van der Waals surface area (Å²) in [5.74, 6) is 2.31. The molecule has 0 spiro atoms. The third kappa shape index (κ3) is 2.89. The van der Waals surface area contributed by atoms with E-state index in [0.717, 1.165) is 25.7 Å². The lowest BCUT2D eigenvalue weighted by Crippen LogP contribution is -2.52. The lowest BCUT2D eigenvalue weighted by Gasteiger charge is -2.39. The van der Waals surface area contributed by atoms with Crippen molar-refractivity contribution >= 4 is 6.09 Å². The van der Waals surface area contributed by atoms with Crippen molar-refractivity contribution in [1.29, 1.82) is 0 Å².